The van der Waals surface area contributed by atoms with Gasteiger partial charge in [0.15, 0.2) is 0 Å². The van der Waals surface area contributed by atoms with Crippen LogP contribution in [-0.4, -0.2) is 43.7 Å². The van der Waals surface area contributed by atoms with Gasteiger partial charge in [0.1, 0.15) is 0 Å². The third-order valence-electron chi connectivity index (χ3n) is 1.66. The summed E-state index contributed by atoms with van der Waals surface area (Å²) in [5.41, 5.74) is 5.25. The number of nitrogens with two attached hydrogens (primary N) is 1. The summed E-state index contributed by atoms with van der Waals surface area (Å²) >= 11 is 0. The van der Waals surface area contributed by atoms with Crippen LogP contribution >= 0.6 is 0 Å². The minimum Gasteiger partial charge on any atom is -0.391 e. The number of aliphatic hydroxyl groups is 1. The molecule has 0 fully saturated rings. The van der Waals surface area contributed by atoms with Gasteiger partial charge < -0.3 is 20.3 Å². The summed E-state index contributed by atoms with van der Waals surface area (Å²) in [6, 6.07) is 0. The van der Waals surface area contributed by atoms with Crippen molar-refractivity contribution in [2.45, 2.75) is 62.2 Å². The predicted octanol–water partition coefficient (Wildman–Crippen LogP) is 2.68. The summed E-state index contributed by atoms with van der Waals surface area (Å²) in [7, 11) is 0. The summed E-state index contributed by atoms with van der Waals surface area (Å²) in [4.78, 5) is 0. The summed E-state index contributed by atoms with van der Waals surface area (Å²) in [5, 5.41) is 9.19. The predicted molar refractivity (Wildman–Crippen MR) is 78.5 cm³/mol. The highest BCUT2D eigenvalue weighted by molar-refractivity contribution is 4.53. The average molecular weight is 255 g/mol. The number of ether oxygens (including phenoxy) is 2. The molecule has 0 aliphatic carbocycles. The van der Waals surface area contributed by atoms with Crippen LogP contribution in [0.5, 0.6) is 0 Å². The maximum absolute atomic E-state index is 9.19. The molecule has 0 aromatic rings. The maximum atomic E-state index is 9.19. The average Bonchev–Trinajstić information content (AvgIpc) is 2.14. The molecular formula is C13H37NO3. The molecule has 0 aliphatic rings. The number of hydrogen-bond acceptors (Lipinski definition) is 4. The minimum atomic E-state index is -0.364. The molecule has 0 aromatic heterocycles. The first-order chi connectivity index (χ1) is 6.20. The second-order valence-electron chi connectivity index (χ2n) is 3.07. The minimum absolute atomic E-state index is 0. The lowest BCUT2D eigenvalue weighted by Gasteiger charge is -2.15. The summed E-state index contributed by atoms with van der Waals surface area (Å²) < 4.78 is 10.5. The van der Waals surface area contributed by atoms with Crippen LogP contribution in [0.3, 0.4) is 0 Å². The Morgan fingerprint density at radius 2 is 1.65 bits per heavy atom. The van der Waals surface area contributed by atoms with Crippen LogP contribution in [-0.2, 0) is 9.47 Å². The quantitative estimate of drug-likeness (QED) is 0.655. The first kappa shape index (κ1) is 30.1. The molecule has 4 heteroatoms. The van der Waals surface area contributed by atoms with Crippen molar-refractivity contribution in [2.24, 2.45) is 5.73 Å². The third kappa shape index (κ3) is 21.6. The third-order valence-corrected chi connectivity index (χ3v) is 1.66. The zero-order valence-corrected chi connectivity index (χ0v) is 8.53. The van der Waals surface area contributed by atoms with Crippen molar-refractivity contribution < 1.29 is 14.6 Å². The highest BCUT2D eigenvalue weighted by Crippen LogP contribution is 1.96. The van der Waals surface area contributed by atoms with Gasteiger partial charge in [0.2, 0.25) is 0 Å². The fourth-order valence-corrected chi connectivity index (χ4v) is 0.774. The molecule has 17 heavy (non-hydrogen) atoms. The van der Waals surface area contributed by atoms with Crippen molar-refractivity contribution in [3.63, 3.8) is 0 Å². The van der Waals surface area contributed by atoms with Gasteiger partial charge in [0, 0.05) is 6.54 Å². The van der Waals surface area contributed by atoms with E-state index < -0.39 is 0 Å². The van der Waals surface area contributed by atoms with Gasteiger partial charge in [-0.3, -0.25) is 0 Å². The van der Waals surface area contributed by atoms with E-state index in [1.54, 1.807) is 0 Å². The number of hydrogen-bond donors (Lipinski definition) is 2. The molecule has 0 heterocycles. The van der Waals surface area contributed by atoms with E-state index in [2.05, 4.69) is 0 Å². The van der Waals surface area contributed by atoms with Crippen molar-refractivity contribution in [2.75, 3.05) is 26.4 Å². The molecule has 4 nitrogen and oxygen atoms in total. The molecule has 0 radical (unpaired) electrons. The van der Waals surface area contributed by atoms with Crippen molar-refractivity contribution in [1.29, 1.82) is 0 Å². The van der Waals surface area contributed by atoms with E-state index in [-0.39, 0.29) is 41.9 Å². The molecule has 0 aromatic carbocycles. The van der Waals surface area contributed by atoms with Crippen molar-refractivity contribution in [3.8, 4) is 0 Å². The van der Waals surface area contributed by atoms with E-state index in [1.165, 1.54) is 0 Å². The lowest BCUT2D eigenvalue weighted by atomic mass is 10.3. The van der Waals surface area contributed by atoms with Crippen LogP contribution in [0.1, 0.15) is 50.0 Å². The molecular weight excluding hydrogens is 218 g/mol. The number of rotatable bonds is 8. The molecule has 0 saturated carbocycles. The van der Waals surface area contributed by atoms with E-state index >= 15 is 0 Å². The first-order valence-electron chi connectivity index (χ1n) is 4.78. The van der Waals surface area contributed by atoms with E-state index in [4.69, 9.17) is 15.2 Å². The van der Waals surface area contributed by atoms with Crippen LogP contribution in [0.2, 0.25) is 0 Å². The van der Waals surface area contributed by atoms with Crippen LogP contribution < -0.4 is 5.73 Å². The van der Waals surface area contributed by atoms with Crippen LogP contribution in [0, 0.1) is 0 Å². The van der Waals surface area contributed by atoms with Gasteiger partial charge in [-0.05, 0) is 13.3 Å². The second kappa shape index (κ2) is 21.2. The van der Waals surface area contributed by atoms with Crippen LogP contribution in [0.15, 0.2) is 0 Å². The fourth-order valence-electron chi connectivity index (χ4n) is 0.774. The molecule has 112 valence electrons. The van der Waals surface area contributed by atoms with E-state index in [1.807, 2.05) is 13.8 Å². The SMILES string of the molecule is C.C.C.C.CCC(O)COC(C)COCCN. The Morgan fingerprint density at radius 1 is 1.12 bits per heavy atom. The standard InChI is InChI=1S/C9H21NO3.4CH4/c1-3-9(11)7-13-8(2)6-12-5-4-10;;;;/h8-9,11H,3-7,10H2,1-2H3;4*1H4. The zero-order valence-electron chi connectivity index (χ0n) is 8.53. The van der Waals surface area contributed by atoms with Gasteiger partial charge in [0.05, 0.1) is 32.0 Å². The maximum Gasteiger partial charge on any atom is 0.0781 e. The smallest absolute Gasteiger partial charge is 0.0781 e. The molecule has 0 spiro atoms. The monoisotopic (exact) mass is 255 g/mol. The Labute approximate surface area is 110 Å². The Kier molecular flexibility index (Phi) is 37.5. The molecule has 0 amide bonds. The lowest BCUT2D eigenvalue weighted by Crippen LogP contribution is -2.23. The lowest BCUT2D eigenvalue weighted by molar-refractivity contribution is -0.0399. The highest BCUT2D eigenvalue weighted by atomic mass is 16.5. The molecule has 0 rings (SSSR count). The molecule has 0 aliphatic heterocycles. The first-order valence-corrected chi connectivity index (χ1v) is 4.78. The topological polar surface area (TPSA) is 64.7 Å². The summed E-state index contributed by atoms with van der Waals surface area (Å²) in [6.07, 6.45) is 0.376. The van der Waals surface area contributed by atoms with Gasteiger partial charge in [-0.15, -0.1) is 0 Å². The summed E-state index contributed by atoms with van der Waals surface area (Å²) in [5.74, 6) is 0. The van der Waals surface area contributed by atoms with Gasteiger partial charge in [-0.2, -0.15) is 0 Å². The Morgan fingerprint density at radius 3 is 2.06 bits per heavy atom. The van der Waals surface area contributed by atoms with E-state index in [9.17, 15) is 5.11 Å². The normalized spacial score (nSPS) is 12.0. The largest absolute Gasteiger partial charge is 0.391 e. The molecule has 0 bridgehead atoms. The highest BCUT2D eigenvalue weighted by Gasteiger charge is 2.05. The number of aliphatic hydroxyl groups excluding tert-OH is 1. The molecule has 0 saturated heterocycles. The van der Waals surface area contributed by atoms with Crippen molar-refractivity contribution in [3.05, 3.63) is 0 Å². The Bertz CT molecular complexity index is 113. The second-order valence-corrected chi connectivity index (χ2v) is 3.07. The van der Waals surface area contributed by atoms with Crippen molar-refractivity contribution in [1.82, 2.24) is 0 Å². The van der Waals surface area contributed by atoms with Crippen LogP contribution in [0.4, 0.5) is 0 Å². The Balaban J connectivity index is -0.000000120. The fraction of sp³-hybridized carbons (Fsp3) is 1.00. The molecule has 2 unspecified atom stereocenters. The van der Waals surface area contributed by atoms with Crippen LogP contribution in [0.25, 0.3) is 0 Å². The van der Waals surface area contributed by atoms with Gasteiger partial charge >= 0.3 is 0 Å². The Hall–Kier alpha value is -0.160. The van der Waals surface area contributed by atoms with Gasteiger partial charge in [0.25, 0.3) is 0 Å². The van der Waals surface area contributed by atoms with Crippen molar-refractivity contribution >= 4 is 0 Å². The van der Waals surface area contributed by atoms with Gasteiger partial charge in [-0.25, -0.2) is 0 Å². The molecule has 3 N–H and O–H groups in total. The van der Waals surface area contributed by atoms with E-state index in [0.717, 1.165) is 6.42 Å². The summed E-state index contributed by atoms with van der Waals surface area (Å²) in [6.45, 7) is 5.84. The van der Waals surface area contributed by atoms with E-state index in [0.29, 0.717) is 26.4 Å². The van der Waals surface area contributed by atoms with Gasteiger partial charge in [-0.1, -0.05) is 36.6 Å². The molecule has 2 atom stereocenters. The zero-order chi connectivity index (χ0) is 10.1.